The van der Waals surface area contributed by atoms with Gasteiger partial charge in [0, 0.05) is 29.7 Å². The van der Waals surface area contributed by atoms with E-state index < -0.39 is 27.1 Å². The van der Waals surface area contributed by atoms with Gasteiger partial charge in [0.15, 0.2) is 17.4 Å². The molecular weight excluding hydrogens is 529 g/mol. The molecule has 10 nitrogen and oxygen atoms in total. The minimum absolute atomic E-state index is 0.0413. The number of benzene rings is 3. The minimum Gasteiger partial charge on any atom is -0.505 e. The summed E-state index contributed by atoms with van der Waals surface area (Å²) < 4.78 is 59.6. The minimum atomic E-state index is -4.17. The van der Waals surface area contributed by atoms with Gasteiger partial charge in [-0.25, -0.2) is 17.1 Å². The smallest absolute Gasteiger partial charge is 0.265 e. The molecule has 0 aliphatic carbocycles. The van der Waals surface area contributed by atoms with Gasteiger partial charge in [-0.2, -0.15) is 0 Å². The zero-order valence-electron chi connectivity index (χ0n) is 20.7. The number of hydrogen-bond acceptors (Lipinski definition) is 8. The van der Waals surface area contributed by atoms with Crippen molar-refractivity contribution in [2.24, 2.45) is 0 Å². The highest BCUT2D eigenvalue weighted by atomic mass is 32.2. The Morgan fingerprint density at radius 3 is 2.44 bits per heavy atom. The fourth-order valence-electron chi connectivity index (χ4n) is 4.15. The van der Waals surface area contributed by atoms with Crippen LogP contribution in [0.25, 0.3) is 16.6 Å². The lowest BCUT2D eigenvalue weighted by Crippen LogP contribution is -2.31. The van der Waals surface area contributed by atoms with Crippen molar-refractivity contribution in [1.82, 2.24) is 9.72 Å². The number of sulfonamides is 1. The van der Waals surface area contributed by atoms with Crippen LogP contribution in [-0.4, -0.2) is 37.5 Å². The van der Waals surface area contributed by atoms with E-state index in [9.17, 15) is 22.7 Å². The lowest BCUT2D eigenvalue weighted by atomic mass is 10.2. The molecule has 39 heavy (non-hydrogen) atoms. The number of ether oxygens (including phenoxy) is 2. The number of fused-ring (bicyclic) bond motifs is 1. The third-order valence-corrected chi connectivity index (χ3v) is 7.85. The molecule has 200 valence electrons. The summed E-state index contributed by atoms with van der Waals surface area (Å²) in [6.07, 6.45) is 1.27. The molecule has 3 aromatic carbocycles. The first-order valence-corrected chi connectivity index (χ1v) is 13.0. The summed E-state index contributed by atoms with van der Waals surface area (Å²) in [6, 6.07) is 17.3. The highest BCUT2D eigenvalue weighted by Crippen LogP contribution is 2.32. The molecule has 5 aromatic rings. The average Bonchev–Trinajstić information content (AvgIpc) is 3.47. The number of phenolic OH excluding ortho intramolecular Hbond substituents is 1. The van der Waals surface area contributed by atoms with Crippen LogP contribution in [0.15, 0.2) is 93.3 Å². The number of aromatic nitrogens is 2. The molecule has 0 atom stereocenters. The Kier molecular flexibility index (Phi) is 6.71. The van der Waals surface area contributed by atoms with E-state index in [1.165, 1.54) is 61.4 Å². The van der Waals surface area contributed by atoms with E-state index in [0.29, 0.717) is 22.2 Å². The topological polar surface area (TPSA) is 124 Å². The van der Waals surface area contributed by atoms with Gasteiger partial charge >= 0.3 is 0 Å². The van der Waals surface area contributed by atoms with Gasteiger partial charge in [-0.05, 0) is 42.0 Å². The summed E-state index contributed by atoms with van der Waals surface area (Å²) in [6.45, 7) is -0.0413. The molecule has 0 saturated heterocycles. The normalized spacial score (nSPS) is 11.5. The van der Waals surface area contributed by atoms with Gasteiger partial charge in [0.2, 0.25) is 0 Å². The van der Waals surface area contributed by atoms with Gasteiger partial charge in [-0.15, -0.1) is 0 Å². The average molecular weight is 552 g/mol. The molecule has 0 radical (unpaired) electrons. The Morgan fingerprint density at radius 2 is 1.77 bits per heavy atom. The number of aromatic hydroxyl groups is 1. The zero-order chi connectivity index (χ0) is 27.7. The van der Waals surface area contributed by atoms with E-state index in [-0.39, 0.29) is 28.7 Å². The lowest BCUT2D eigenvalue weighted by molar-refractivity contribution is 0.395. The second-order valence-corrected chi connectivity index (χ2v) is 10.3. The van der Waals surface area contributed by atoms with Gasteiger partial charge in [0.25, 0.3) is 15.6 Å². The molecule has 2 heterocycles. The van der Waals surface area contributed by atoms with Crippen LogP contribution >= 0.6 is 0 Å². The van der Waals surface area contributed by atoms with Gasteiger partial charge in [-0.1, -0.05) is 17.3 Å². The molecule has 5 rings (SSSR count). The summed E-state index contributed by atoms with van der Waals surface area (Å²) in [5.74, 6) is -0.824. The largest absolute Gasteiger partial charge is 0.505 e. The maximum atomic E-state index is 14.3. The quantitative estimate of drug-likeness (QED) is 0.304. The number of methoxy groups -OCH3 is 2. The van der Waals surface area contributed by atoms with Crippen molar-refractivity contribution in [3.05, 3.63) is 101 Å². The Balaban J connectivity index is 1.62. The fraction of sp³-hybridized carbons (Fsp3) is 0.111. The summed E-state index contributed by atoms with van der Waals surface area (Å²) in [5.41, 5.74) is 0.513. The van der Waals surface area contributed by atoms with Crippen molar-refractivity contribution in [1.29, 1.82) is 0 Å². The monoisotopic (exact) mass is 551 g/mol. The van der Waals surface area contributed by atoms with Crippen LogP contribution in [0.1, 0.15) is 5.56 Å². The highest BCUT2D eigenvalue weighted by Gasteiger charge is 2.28. The van der Waals surface area contributed by atoms with Gasteiger partial charge in [0.05, 0.1) is 36.9 Å². The number of halogens is 1. The van der Waals surface area contributed by atoms with E-state index in [1.807, 2.05) is 0 Å². The Hall–Kier alpha value is -4.84. The molecule has 0 unspecified atom stereocenters. The molecule has 0 bridgehead atoms. The molecule has 1 N–H and O–H groups in total. The Labute approximate surface area is 222 Å². The van der Waals surface area contributed by atoms with E-state index in [4.69, 9.17) is 14.0 Å². The van der Waals surface area contributed by atoms with Gasteiger partial charge in [0.1, 0.15) is 17.8 Å². The molecule has 0 spiro atoms. The molecule has 0 aliphatic rings. The number of hydrogen-bond donors (Lipinski definition) is 1. The number of phenols is 1. The summed E-state index contributed by atoms with van der Waals surface area (Å²) >= 11 is 0. The predicted molar refractivity (Wildman–Crippen MR) is 141 cm³/mol. The van der Waals surface area contributed by atoms with Gasteiger partial charge in [-0.3, -0.25) is 9.36 Å². The first kappa shape index (κ1) is 25.8. The molecule has 0 amide bonds. The van der Waals surface area contributed by atoms with Crippen LogP contribution in [0.5, 0.6) is 17.2 Å². The first-order valence-electron chi connectivity index (χ1n) is 11.5. The fourth-order valence-corrected chi connectivity index (χ4v) is 5.58. The summed E-state index contributed by atoms with van der Waals surface area (Å²) in [7, 11) is -1.31. The van der Waals surface area contributed by atoms with Crippen molar-refractivity contribution in [3.63, 3.8) is 0 Å². The second-order valence-electron chi connectivity index (χ2n) is 8.42. The SMILES string of the molecule is COc1ccc(CN(c2ccon2)S(=O)(=O)c2ccc3c(ccc(=O)n3-c3cc(F)c(O)cc3OC)c2)cc1. The number of pyridine rings is 1. The molecule has 2 aromatic heterocycles. The van der Waals surface area contributed by atoms with Crippen LogP contribution in [0.4, 0.5) is 10.2 Å². The van der Waals surface area contributed by atoms with Crippen LogP contribution in [0.3, 0.4) is 0 Å². The lowest BCUT2D eigenvalue weighted by Gasteiger charge is -2.22. The molecule has 0 aliphatic heterocycles. The number of anilines is 1. The number of rotatable bonds is 8. The summed E-state index contributed by atoms with van der Waals surface area (Å²) in [4.78, 5) is 12.8. The van der Waals surface area contributed by atoms with E-state index in [0.717, 1.165) is 16.4 Å². The number of nitrogens with zero attached hydrogens (tertiary/aromatic N) is 3. The standard InChI is InChI=1S/C27H22FN3O7S/c1-36-19-6-3-17(4-7-19)16-30(26-11-12-38-29-26)39(34,35)20-8-9-22-18(13-20)5-10-27(33)31(22)23-14-21(28)24(32)15-25(23)37-2/h3-15,32H,16H2,1-2H3. The third-order valence-electron chi connectivity index (χ3n) is 6.11. The Morgan fingerprint density at radius 1 is 1.00 bits per heavy atom. The van der Waals surface area contributed by atoms with Crippen LogP contribution in [0.2, 0.25) is 0 Å². The summed E-state index contributed by atoms with van der Waals surface area (Å²) in [5, 5.41) is 14.0. The Bertz CT molecular complexity index is 1820. The second kappa shape index (κ2) is 10.1. The van der Waals surface area contributed by atoms with E-state index >= 15 is 0 Å². The first-order chi connectivity index (χ1) is 18.7. The molecule has 12 heteroatoms. The van der Waals surface area contributed by atoms with Crippen LogP contribution < -0.4 is 19.3 Å². The van der Waals surface area contributed by atoms with Crippen LogP contribution in [-0.2, 0) is 16.6 Å². The predicted octanol–water partition coefficient (Wildman–Crippen LogP) is 4.24. The van der Waals surface area contributed by atoms with E-state index in [1.54, 1.807) is 24.3 Å². The maximum absolute atomic E-state index is 14.3. The van der Waals surface area contributed by atoms with Crippen molar-refractivity contribution >= 4 is 26.7 Å². The van der Waals surface area contributed by atoms with Crippen molar-refractivity contribution in [2.75, 3.05) is 18.5 Å². The van der Waals surface area contributed by atoms with E-state index in [2.05, 4.69) is 5.16 Å². The zero-order valence-corrected chi connectivity index (χ0v) is 21.6. The van der Waals surface area contributed by atoms with Crippen molar-refractivity contribution in [2.45, 2.75) is 11.4 Å². The van der Waals surface area contributed by atoms with Crippen molar-refractivity contribution < 1.29 is 31.9 Å². The van der Waals surface area contributed by atoms with Crippen molar-refractivity contribution in [3.8, 4) is 22.9 Å². The molecule has 0 fully saturated rings. The molecular formula is C27H22FN3O7S. The van der Waals surface area contributed by atoms with Gasteiger partial charge < -0.3 is 19.1 Å². The highest BCUT2D eigenvalue weighted by molar-refractivity contribution is 7.92. The molecule has 0 saturated carbocycles. The third kappa shape index (κ3) is 4.77. The maximum Gasteiger partial charge on any atom is 0.265 e. The van der Waals surface area contributed by atoms with Crippen LogP contribution in [0, 0.1) is 5.82 Å².